The number of aliphatic hydroxyl groups is 1. The average molecular weight is 743 g/mol. The van der Waals surface area contributed by atoms with Gasteiger partial charge in [-0.3, -0.25) is 33.6 Å². The summed E-state index contributed by atoms with van der Waals surface area (Å²) in [6.45, 7) is 6.26. The number of nitrogens with one attached hydrogen (secondary N) is 4. The molecular formula is C33H49F3N8O8. The maximum atomic E-state index is 14.6. The van der Waals surface area contributed by atoms with Gasteiger partial charge in [-0.2, -0.15) is 0 Å². The molecule has 7 amide bonds. The Morgan fingerprint density at radius 1 is 0.788 bits per heavy atom. The predicted octanol–water partition coefficient (Wildman–Crippen LogP) is -1.65. The van der Waals surface area contributed by atoms with E-state index in [0.29, 0.717) is 18.9 Å². The van der Waals surface area contributed by atoms with Crippen molar-refractivity contribution in [1.29, 1.82) is 0 Å². The summed E-state index contributed by atoms with van der Waals surface area (Å²) in [6, 6.07) is -6.84. The van der Waals surface area contributed by atoms with E-state index in [2.05, 4.69) is 21.3 Å². The Bertz CT molecular complexity index is 1500. The molecule has 16 nitrogen and oxygen atoms in total. The molecule has 52 heavy (non-hydrogen) atoms. The summed E-state index contributed by atoms with van der Waals surface area (Å²) < 4.78 is 42.2. The van der Waals surface area contributed by atoms with Gasteiger partial charge in [0, 0.05) is 13.0 Å². The van der Waals surface area contributed by atoms with Crippen LogP contribution in [0, 0.1) is 29.3 Å². The van der Waals surface area contributed by atoms with E-state index in [1.54, 1.807) is 27.7 Å². The Balaban J connectivity index is 2.37. The number of aliphatic hydroxyl groups excluding tert-OH is 1. The normalized spacial score (nSPS) is 17.1. The molecular weight excluding hydrogens is 693 g/mol. The summed E-state index contributed by atoms with van der Waals surface area (Å²) in [7, 11) is 0. The van der Waals surface area contributed by atoms with Gasteiger partial charge in [-0.1, -0.05) is 33.8 Å². The second-order valence-electron chi connectivity index (χ2n) is 13.6. The first kappa shape index (κ1) is 43.4. The van der Waals surface area contributed by atoms with Crippen LogP contribution in [0.5, 0.6) is 0 Å². The van der Waals surface area contributed by atoms with Crippen LogP contribution in [-0.4, -0.2) is 101 Å². The van der Waals surface area contributed by atoms with Crippen molar-refractivity contribution in [2.75, 3.05) is 13.2 Å². The highest BCUT2D eigenvalue weighted by Crippen LogP contribution is 2.20. The Hall–Kier alpha value is -4.78. The fraction of sp³-hybridized carbons (Fsp3) is 0.606. The molecule has 1 heterocycles. The first-order chi connectivity index (χ1) is 24.3. The van der Waals surface area contributed by atoms with Crippen LogP contribution in [-0.2, 0) is 40.0 Å². The number of hydrogen-bond acceptors (Lipinski definition) is 9. The predicted molar refractivity (Wildman–Crippen MR) is 179 cm³/mol. The summed E-state index contributed by atoms with van der Waals surface area (Å²) in [5.41, 5.74) is 15.8. The third-order valence-electron chi connectivity index (χ3n) is 8.27. The summed E-state index contributed by atoms with van der Waals surface area (Å²) in [5, 5.41) is 19.0. The third-order valence-corrected chi connectivity index (χ3v) is 8.27. The Labute approximate surface area is 299 Å². The van der Waals surface area contributed by atoms with E-state index >= 15 is 0 Å². The summed E-state index contributed by atoms with van der Waals surface area (Å²) in [5.74, 6) is -11.7. The van der Waals surface area contributed by atoms with Crippen LogP contribution < -0.4 is 38.5 Å². The van der Waals surface area contributed by atoms with Gasteiger partial charge < -0.3 is 48.5 Å². The summed E-state index contributed by atoms with van der Waals surface area (Å²) in [6.07, 6.45) is -0.571. The maximum Gasteiger partial charge on any atom is 0.246 e. The van der Waals surface area contributed by atoms with E-state index in [4.69, 9.17) is 17.2 Å². The van der Waals surface area contributed by atoms with Gasteiger partial charge >= 0.3 is 0 Å². The molecule has 6 atom stereocenters. The lowest BCUT2D eigenvalue weighted by Gasteiger charge is -2.30. The zero-order valence-electron chi connectivity index (χ0n) is 29.5. The van der Waals surface area contributed by atoms with Gasteiger partial charge in [-0.15, -0.1) is 0 Å². The number of rotatable bonds is 19. The number of nitrogens with zero attached hydrogens (tertiary/aromatic N) is 1. The summed E-state index contributed by atoms with van der Waals surface area (Å²) >= 11 is 0. The fourth-order valence-corrected chi connectivity index (χ4v) is 5.66. The minimum Gasteiger partial charge on any atom is -0.394 e. The molecule has 0 unspecified atom stereocenters. The van der Waals surface area contributed by atoms with Crippen molar-refractivity contribution in [3.63, 3.8) is 0 Å². The number of carbonyl (C=O) groups is 7. The standard InChI is InChI=1S/C33H49F3N8O8/c1-15(2)10-20(42-32(51)22(40-29(48)19(37)14-45)12-17-7-8-18(34)27(36)26(17)35)30(49)41-21(11-16(3)4)31(50)43-23(13-25(38)46)33(52)44-9-5-6-24(44)28(39)47/h7-8,15-16,19-24,45H,5-6,9-14,37H2,1-4H3,(H2,38,46)(H2,39,47)(H,40,48)(H,41,49)(H,42,51)(H,43,50)/t19-,20-,21-,22-,23-,24-/m0/s1. The number of nitrogens with two attached hydrogens (primary N) is 3. The number of carbonyl (C=O) groups excluding carboxylic acids is 7. The van der Waals surface area contributed by atoms with Crippen molar-refractivity contribution in [3.8, 4) is 0 Å². The summed E-state index contributed by atoms with van der Waals surface area (Å²) in [4.78, 5) is 91.8. The van der Waals surface area contributed by atoms with Gasteiger partial charge in [-0.25, -0.2) is 13.2 Å². The largest absolute Gasteiger partial charge is 0.394 e. The number of primary amides is 2. The van der Waals surface area contributed by atoms with Crippen molar-refractivity contribution in [3.05, 3.63) is 35.1 Å². The second kappa shape index (κ2) is 19.7. The van der Waals surface area contributed by atoms with Crippen LogP contribution in [0.4, 0.5) is 13.2 Å². The van der Waals surface area contributed by atoms with Gasteiger partial charge in [0.05, 0.1) is 13.0 Å². The zero-order valence-corrected chi connectivity index (χ0v) is 29.5. The molecule has 1 fully saturated rings. The van der Waals surface area contributed by atoms with Gasteiger partial charge in [-0.05, 0) is 49.1 Å². The van der Waals surface area contributed by atoms with Crippen LogP contribution in [0.1, 0.15) is 65.4 Å². The molecule has 1 aromatic rings. The highest BCUT2D eigenvalue weighted by atomic mass is 19.2. The SMILES string of the molecule is CC(C)C[C@H](NC(=O)[C@H](Cc1ccc(F)c(F)c1F)NC(=O)[C@@H](N)CO)C(=O)N[C@@H](CC(C)C)C(=O)N[C@@H](CC(N)=O)C(=O)N1CCC[C@H]1C(N)=O. The van der Waals surface area contributed by atoms with Gasteiger partial charge in [0.25, 0.3) is 0 Å². The monoisotopic (exact) mass is 742 g/mol. The fourth-order valence-electron chi connectivity index (χ4n) is 5.66. The maximum absolute atomic E-state index is 14.6. The molecule has 19 heteroatoms. The Morgan fingerprint density at radius 2 is 1.29 bits per heavy atom. The topological polar surface area (TPSA) is 269 Å². The van der Waals surface area contributed by atoms with Crippen LogP contribution in [0.15, 0.2) is 12.1 Å². The first-order valence-corrected chi connectivity index (χ1v) is 16.9. The lowest BCUT2D eigenvalue weighted by molar-refractivity contribution is -0.142. The van der Waals surface area contributed by atoms with Crippen LogP contribution >= 0.6 is 0 Å². The minimum absolute atomic E-state index is 0.0177. The van der Waals surface area contributed by atoms with Crippen molar-refractivity contribution in [1.82, 2.24) is 26.2 Å². The smallest absolute Gasteiger partial charge is 0.246 e. The molecule has 0 spiro atoms. The second-order valence-corrected chi connectivity index (χ2v) is 13.6. The van der Waals surface area contributed by atoms with Crippen molar-refractivity contribution >= 4 is 41.4 Å². The molecule has 1 aliphatic rings. The van der Waals surface area contributed by atoms with E-state index in [1.807, 2.05) is 0 Å². The molecule has 1 aromatic carbocycles. The third kappa shape index (κ3) is 12.5. The van der Waals surface area contributed by atoms with Crippen LogP contribution in [0.3, 0.4) is 0 Å². The molecule has 1 saturated heterocycles. The highest BCUT2D eigenvalue weighted by Gasteiger charge is 2.39. The van der Waals surface area contributed by atoms with E-state index in [0.717, 1.165) is 11.0 Å². The molecule has 290 valence electrons. The molecule has 2 rings (SSSR count). The van der Waals surface area contributed by atoms with Crippen molar-refractivity contribution in [2.24, 2.45) is 29.0 Å². The number of halogens is 3. The van der Waals surface area contributed by atoms with E-state index < -0.39 is 120 Å². The van der Waals surface area contributed by atoms with Gasteiger partial charge in [0.2, 0.25) is 41.4 Å². The lowest BCUT2D eigenvalue weighted by Crippen LogP contribution is -2.60. The van der Waals surface area contributed by atoms with Crippen LogP contribution in [0.2, 0.25) is 0 Å². The Kier molecular flexibility index (Phi) is 16.5. The molecule has 0 radical (unpaired) electrons. The number of amides is 7. The number of hydrogen-bond donors (Lipinski definition) is 8. The van der Waals surface area contributed by atoms with Crippen molar-refractivity contribution in [2.45, 2.75) is 102 Å². The van der Waals surface area contributed by atoms with Crippen molar-refractivity contribution < 1.29 is 51.8 Å². The molecule has 0 bridgehead atoms. The lowest BCUT2D eigenvalue weighted by atomic mass is 9.98. The molecule has 0 saturated carbocycles. The van der Waals surface area contributed by atoms with Gasteiger partial charge in [0.1, 0.15) is 36.3 Å². The molecule has 0 aromatic heterocycles. The number of benzene rings is 1. The number of likely N-dealkylation sites (tertiary alicyclic amines) is 1. The average Bonchev–Trinajstić information content (AvgIpc) is 3.56. The zero-order chi connectivity index (χ0) is 39.4. The molecule has 0 aliphatic carbocycles. The van der Waals surface area contributed by atoms with E-state index in [9.17, 15) is 51.8 Å². The molecule has 1 aliphatic heterocycles. The first-order valence-electron chi connectivity index (χ1n) is 16.9. The van der Waals surface area contributed by atoms with E-state index in [1.165, 1.54) is 0 Å². The Morgan fingerprint density at radius 3 is 1.77 bits per heavy atom. The van der Waals surface area contributed by atoms with Gasteiger partial charge in [0.15, 0.2) is 17.5 Å². The molecule has 11 N–H and O–H groups in total. The quantitative estimate of drug-likeness (QED) is 0.0754. The minimum atomic E-state index is -1.81. The van der Waals surface area contributed by atoms with Crippen LogP contribution in [0.25, 0.3) is 0 Å². The highest BCUT2D eigenvalue weighted by molar-refractivity contribution is 5.98. The van der Waals surface area contributed by atoms with E-state index in [-0.39, 0.29) is 31.2 Å².